The quantitative estimate of drug-likeness (QED) is 0.724. The second-order valence-corrected chi connectivity index (χ2v) is 7.10. The Balaban J connectivity index is 1.89. The summed E-state index contributed by atoms with van der Waals surface area (Å²) in [5, 5.41) is 4.39. The summed E-state index contributed by atoms with van der Waals surface area (Å²) in [6.45, 7) is 4.22. The summed E-state index contributed by atoms with van der Waals surface area (Å²) in [4.78, 5) is 17.2. The van der Waals surface area contributed by atoms with Crippen molar-refractivity contribution >= 4 is 11.4 Å². The Bertz CT molecular complexity index is 956. The fourth-order valence-electron chi connectivity index (χ4n) is 3.35. The molecule has 122 valence electrons. The molecule has 0 radical (unpaired) electrons. The smallest absolute Gasteiger partial charge is 0.166 e. The van der Waals surface area contributed by atoms with E-state index in [1.165, 1.54) is 0 Å². The van der Waals surface area contributed by atoms with Gasteiger partial charge in [0.1, 0.15) is 5.75 Å². The molecular weight excluding hydrogens is 302 g/mol. The van der Waals surface area contributed by atoms with Gasteiger partial charge in [-0.25, -0.2) is 9.50 Å². The van der Waals surface area contributed by atoms with Crippen LogP contribution >= 0.6 is 0 Å². The third-order valence-corrected chi connectivity index (χ3v) is 4.54. The van der Waals surface area contributed by atoms with Gasteiger partial charge in [-0.15, -0.1) is 0 Å². The van der Waals surface area contributed by atoms with Crippen molar-refractivity contribution in [2.75, 3.05) is 7.11 Å². The summed E-state index contributed by atoms with van der Waals surface area (Å²) in [6.07, 6.45) is 4.96. The van der Waals surface area contributed by atoms with Gasteiger partial charge in [-0.05, 0) is 29.5 Å². The number of hydrogen-bond acceptors (Lipinski definition) is 4. The molecule has 4 rings (SSSR count). The number of benzene rings is 1. The minimum absolute atomic E-state index is 0.0500. The molecule has 0 bridgehead atoms. The molecule has 3 aromatic rings. The molecule has 1 aromatic carbocycles. The maximum absolute atomic E-state index is 12.4. The number of fused-ring (bicyclic) bond motifs is 2. The van der Waals surface area contributed by atoms with Crippen LogP contribution in [-0.4, -0.2) is 27.5 Å². The molecule has 0 saturated carbocycles. The van der Waals surface area contributed by atoms with Crippen LogP contribution in [0.1, 0.15) is 36.3 Å². The van der Waals surface area contributed by atoms with Gasteiger partial charge >= 0.3 is 0 Å². The average Bonchev–Trinajstić information content (AvgIpc) is 2.95. The Kier molecular flexibility index (Phi) is 3.20. The zero-order chi connectivity index (χ0) is 16.9. The molecule has 5 nitrogen and oxygen atoms in total. The first-order valence-electron chi connectivity index (χ1n) is 8.02. The molecule has 5 heteroatoms. The van der Waals surface area contributed by atoms with Crippen molar-refractivity contribution in [1.29, 1.82) is 0 Å². The number of hydrogen-bond donors (Lipinski definition) is 0. The van der Waals surface area contributed by atoms with Crippen molar-refractivity contribution in [2.24, 2.45) is 5.41 Å². The van der Waals surface area contributed by atoms with Crippen molar-refractivity contribution in [3.63, 3.8) is 0 Å². The normalized spacial score (nSPS) is 16.2. The topological polar surface area (TPSA) is 56.5 Å². The molecule has 0 spiro atoms. The number of carbonyl (C=O) groups excluding carboxylic acids is 1. The number of carbonyl (C=O) groups is 1. The van der Waals surface area contributed by atoms with Crippen molar-refractivity contribution in [3.05, 3.63) is 47.9 Å². The van der Waals surface area contributed by atoms with Crippen molar-refractivity contribution in [1.82, 2.24) is 14.6 Å². The van der Waals surface area contributed by atoms with E-state index < -0.39 is 0 Å². The summed E-state index contributed by atoms with van der Waals surface area (Å²) in [6, 6.07) is 7.83. The van der Waals surface area contributed by atoms with E-state index in [1.54, 1.807) is 17.8 Å². The Morgan fingerprint density at radius 2 is 2.04 bits per heavy atom. The summed E-state index contributed by atoms with van der Waals surface area (Å²) in [5.74, 6) is 0.940. The third-order valence-electron chi connectivity index (χ3n) is 4.54. The lowest BCUT2D eigenvalue weighted by Crippen LogP contribution is -2.28. The van der Waals surface area contributed by atoms with E-state index in [0.29, 0.717) is 12.0 Å². The molecule has 2 aromatic heterocycles. The van der Waals surface area contributed by atoms with E-state index in [1.807, 2.05) is 30.5 Å². The lowest BCUT2D eigenvalue weighted by Gasteiger charge is -2.29. The fraction of sp³-hybridized carbons (Fsp3) is 0.316. The van der Waals surface area contributed by atoms with Crippen molar-refractivity contribution in [2.45, 2.75) is 26.7 Å². The maximum Gasteiger partial charge on any atom is 0.166 e. The fourth-order valence-corrected chi connectivity index (χ4v) is 3.35. The number of ether oxygens (including phenoxy) is 1. The third kappa shape index (κ3) is 2.37. The predicted molar refractivity (Wildman–Crippen MR) is 91.4 cm³/mol. The Morgan fingerprint density at radius 3 is 2.83 bits per heavy atom. The molecule has 24 heavy (non-hydrogen) atoms. The molecule has 2 heterocycles. The minimum atomic E-state index is -0.0500. The second-order valence-electron chi connectivity index (χ2n) is 7.10. The molecule has 0 N–H and O–H groups in total. The van der Waals surface area contributed by atoms with Crippen molar-refractivity contribution < 1.29 is 9.53 Å². The first-order chi connectivity index (χ1) is 11.5. The summed E-state index contributed by atoms with van der Waals surface area (Å²) < 4.78 is 7.00. The molecule has 0 fully saturated rings. The van der Waals surface area contributed by atoms with Crippen LogP contribution in [0.3, 0.4) is 0 Å². The Morgan fingerprint density at radius 1 is 1.21 bits per heavy atom. The summed E-state index contributed by atoms with van der Waals surface area (Å²) >= 11 is 0. The van der Waals surface area contributed by atoms with E-state index in [4.69, 9.17) is 9.72 Å². The Hall–Kier alpha value is -2.69. The number of Topliss-reactive ketones (excluding diaryl/α,β-unsaturated/α-hetero) is 1. The average molecular weight is 321 g/mol. The van der Waals surface area contributed by atoms with Crippen molar-refractivity contribution in [3.8, 4) is 16.9 Å². The van der Waals surface area contributed by atoms with Gasteiger partial charge in [0.25, 0.3) is 0 Å². The second kappa shape index (κ2) is 5.16. The van der Waals surface area contributed by atoms with Gasteiger partial charge in [0.2, 0.25) is 0 Å². The van der Waals surface area contributed by atoms with E-state index in [9.17, 15) is 4.79 Å². The van der Waals surface area contributed by atoms with Crippen LogP contribution in [0, 0.1) is 5.41 Å². The molecule has 0 unspecified atom stereocenters. The zero-order valence-corrected chi connectivity index (χ0v) is 14.0. The predicted octanol–water partition coefficient (Wildman–Crippen LogP) is 3.56. The van der Waals surface area contributed by atoms with Gasteiger partial charge in [0, 0.05) is 18.2 Å². The number of rotatable bonds is 2. The first kappa shape index (κ1) is 14.9. The van der Waals surface area contributed by atoms with Crippen LogP contribution in [0.2, 0.25) is 0 Å². The molecular formula is C19H19N3O2. The van der Waals surface area contributed by atoms with E-state index in [2.05, 4.69) is 18.9 Å². The first-order valence-corrected chi connectivity index (χ1v) is 8.02. The molecule has 0 atom stereocenters. The van der Waals surface area contributed by atoms with Crippen LogP contribution in [0.25, 0.3) is 16.8 Å². The van der Waals surface area contributed by atoms with Gasteiger partial charge in [-0.3, -0.25) is 4.79 Å². The number of methoxy groups -OCH3 is 1. The molecule has 0 amide bonds. The van der Waals surface area contributed by atoms with Gasteiger partial charge < -0.3 is 4.74 Å². The summed E-state index contributed by atoms with van der Waals surface area (Å²) in [5.41, 5.74) is 4.22. The zero-order valence-electron chi connectivity index (χ0n) is 14.0. The molecule has 1 aliphatic carbocycles. The van der Waals surface area contributed by atoms with Crippen LogP contribution in [0.4, 0.5) is 0 Å². The van der Waals surface area contributed by atoms with Gasteiger partial charge in [-0.1, -0.05) is 26.0 Å². The summed E-state index contributed by atoms with van der Waals surface area (Å²) in [7, 11) is 1.65. The number of ketones is 1. The van der Waals surface area contributed by atoms with Gasteiger partial charge in [-0.2, -0.15) is 5.10 Å². The van der Waals surface area contributed by atoms with Gasteiger partial charge in [0.05, 0.1) is 24.6 Å². The van der Waals surface area contributed by atoms with Crippen LogP contribution in [0.5, 0.6) is 5.75 Å². The van der Waals surface area contributed by atoms with Crippen LogP contribution in [-0.2, 0) is 6.42 Å². The minimum Gasteiger partial charge on any atom is -0.497 e. The molecule has 0 saturated heterocycles. The molecule has 0 aliphatic heterocycles. The van der Waals surface area contributed by atoms with E-state index >= 15 is 0 Å². The van der Waals surface area contributed by atoms with E-state index in [-0.39, 0.29) is 11.2 Å². The van der Waals surface area contributed by atoms with Gasteiger partial charge in [0.15, 0.2) is 11.4 Å². The largest absolute Gasteiger partial charge is 0.497 e. The highest BCUT2D eigenvalue weighted by atomic mass is 16.5. The highest BCUT2D eigenvalue weighted by Gasteiger charge is 2.32. The highest BCUT2D eigenvalue weighted by molar-refractivity contribution is 5.98. The maximum atomic E-state index is 12.4. The standard InChI is InChI=1S/C19H19N3O2/c1-19(2)8-16-15(17(23)9-19)11-22-18(21-16)14(10-20-22)12-5-4-6-13(7-12)24-3/h4-7,10-11H,8-9H2,1-3H3. The number of aromatic nitrogens is 3. The lowest BCUT2D eigenvalue weighted by atomic mass is 9.76. The number of nitrogens with zero attached hydrogens (tertiary/aromatic N) is 3. The Labute approximate surface area is 140 Å². The van der Waals surface area contributed by atoms with Crippen LogP contribution < -0.4 is 4.74 Å². The monoisotopic (exact) mass is 321 g/mol. The highest BCUT2D eigenvalue weighted by Crippen LogP contribution is 2.35. The van der Waals surface area contributed by atoms with E-state index in [0.717, 1.165) is 34.6 Å². The lowest BCUT2D eigenvalue weighted by molar-refractivity contribution is 0.0909. The van der Waals surface area contributed by atoms with Crippen LogP contribution in [0.15, 0.2) is 36.7 Å². The SMILES string of the molecule is COc1cccc(-c2cnn3cc4c(nc23)CC(C)(C)CC4=O)c1. The molecule has 1 aliphatic rings.